The molecule has 1 unspecified atom stereocenters. The smallest absolute Gasteiger partial charge is 0.187 e. The predicted octanol–water partition coefficient (Wildman–Crippen LogP) is 3.81. The fourth-order valence-corrected chi connectivity index (χ4v) is 7.31. The molecule has 1 atom stereocenters. The topological polar surface area (TPSA) is 9.23 Å². The molecule has 0 heterocycles. The molecule has 0 saturated heterocycles. The van der Waals surface area contributed by atoms with Crippen LogP contribution in [0, 0.1) is 0 Å². The third kappa shape index (κ3) is 4.28. The van der Waals surface area contributed by atoms with Crippen LogP contribution in [-0.2, 0) is 4.43 Å². The molecule has 0 rings (SSSR count). The van der Waals surface area contributed by atoms with E-state index >= 15 is 0 Å². The van der Waals surface area contributed by atoms with E-state index in [4.69, 9.17) is 4.43 Å². The lowest BCUT2D eigenvalue weighted by Crippen LogP contribution is -2.49. The van der Waals surface area contributed by atoms with Crippen molar-refractivity contribution in [1.82, 2.24) is 0 Å². The van der Waals surface area contributed by atoms with Gasteiger partial charge in [0.1, 0.15) is 0 Å². The van der Waals surface area contributed by atoms with Crippen LogP contribution in [0.15, 0.2) is 0 Å². The molecule has 0 aromatic carbocycles. The summed E-state index contributed by atoms with van der Waals surface area (Å²) in [6.45, 7) is 16.4. The van der Waals surface area contributed by atoms with E-state index in [1.54, 1.807) is 0 Å². The maximum Gasteiger partial charge on any atom is 0.187 e. The van der Waals surface area contributed by atoms with Crippen molar-refractivity contribution >= 4 is 17.1 Å². The first kappa shape index (κ1) is 14.4. The summed E-state index contributed by atoms with van der Waals surface area (Å²) in [7, 11) is -2.10. The molecule has 0 radical (unpaired) electrons. The molecule has 0 amide bonds. The van der Waals surface area contributed by atoms with Crippen molar-refractivity contribution in [3.05, 3.63) is 0 Å². The van der Waals surface area contributed by atoms with Gasteiger partial charge in [-0.2, -0.15) is 0 Å². The zero-order valence-electron chi connectivity index (χ0n) is 11.1. The first-order valence-corrected chi connectivity index (χ1v) is 12.0. The summed E-state index contributed by atoms with van der Waals surface area (Å²) in [5.41, 5.74) is 0. The molecule has 0 aliphatic heterocycles. The van der Waals surface area contributed by atoms with Crippen LogP contribution in [0.2, 0.25) is 32.2 Å². The van der Waals surface area contributed by atoms with Gasteiger partial charge in [0.15, 0.2) is 8.32 Å². The van der Waals surface area contributed by atoms with Gasteiger partial charge in [-0.3, -0.25) is 0 Å². The lowest BCUT2D eigenvalue weighted by atomic mass is 10.3. The zero-order chi connectivity index (χ0) is 11.4. The van der Waals surface area contributed by atoms with Crippen LogP contribution in [0.4, 0.5) is 0 Å². The molecule has 0 aliphatic carbocycles. The van der Waals surface area contributed by atoms with Gasteiger partial charge in [-0.25, -0.2) is 0 Å². The highest BCUT2D eigenvalue weighted by Gasteiger charge is 2.35. The van der Waals surface area contributed by atoms with Crippen LogP contribution in [-0.4, -0.2) is 22.3 Å². The lowest BCUT2D eigenvalue weighted by Gasteiger charge is -2.40. The van der Waals surface area contributed by atoms with Gasteiger partial charge in [0.2, 0.25) is 0 Å². The molecular formula is C11H28OSi2. The third-order valence-electron chi connectivity index (χ3n) is 3.28. The molecule has 0 aromatic rings. The summed E-state index contributed by atoms with van der Waals surface area (Å²) in [6.07, 6.45) is 2.44. The maximum atomic E-state index is 6.48. The highest BCUT2D eigenvalue weighted by Crippen LogP contribution is 2.27. The Morgan fingerprint density at radius 2 is 1.71 bits per heavy atom. The normalized spacial score (nSPS) is 17.1. The first-order chi connectivity index (χ1) is 6.27. The molecule has 0 N–H and O–H groups in total. The summed E-state index contributed by atoms with van der Waals surface area (Å²) in [5.74, 6) is 0. The molecule has 0 fully saturated rings. The molecule has 86 valence electrons. The van der Waals surface area contributed by atoms with Crippen molar-refractivity contribution in [2.45, 2.75) is 71.1 Å². The molecule has 0 spiro atoms. The summed E-state index contributed by atoms with van der Waals surface area (Å²) in [5, 5.41) is 0.227. The Balaban J connectivity index is 4.44. The van der Waals surface area contributed by atoms with E-state index in [0.717, 1.165) is 0 Å². The van der Waals surface area contributed by atoms with E-state index in [1.807, 2.05) is 0 Å². The van der Waals surface area contributed by atoms with Gasteiger partial charge in [-0.15, -0.1) is 0 Å². The molecule has 0 aliphatic rings. The fourth-order valence-electron chi connectivity index (χ4n) is 1.88. The van der Waals surface area contributed by atoms with Gasteiger partial charge >= 0.3 is 0 Å². The van der Waals surface area contributed by atoms with Gasteiger partial charge in [-0.05, 0) is 32.5 Å². The second kappa shape index (κ2) is 5.47. The fraction of sp³-hybridized carbons (Fsp3) is 1.00. The molecule has 0 saturated carbocycles. The summed E-state index contributed by atoms with van der Waals surface area (Å²) in [4.78, 5) is 0. The highest BCUT2D eigenvalue weighted by atomic mass is 28.4. The molecule has 1 nitrogen and oxygen atoms in total. The second-order valence-electron chi connectivity index (χ2n) is 5.43. The lowest BCUT2D eigenvalue weighted by molar-refractivity contribution is 0.154. The monoisotopic (exact) mass is 232 g/mol. The van der Waals surface area contributed by atoms with Crippen LogP contribution in [0.5, 0.6) is 0 Å². The first-order valence-electron chi connectivity index (χ1n) is 5.97. The Kier molecular flexibility index (Phi) is 5.62. The quantitative estimate of drug-likeness (QED) is 0.633. The van der Waals surface area contributed by atoms with E-state index < -0.39 is 17.1 Å². The summed E-state index contributed by atoms with van der Waals surface area (Å²) in [6, 6.07) is 1.30. The van der Waals surface area contributed by atoms with Gasteiger partial charge in [0, 0.05) is 5.22 Å². The van der Waals surface area contributed by atoms with Crippen molar-refractivity contribution in [3.63, 3.8) is 0 Å². The Bertz CT molecular complexity index is 169. The Hall–Kier alpha value is 0.394. The van der Waals surface area contributed by atoms with E-state index in [2.05, 4.69) is 47.0 Å². The SMILES string of the molecule is CCC[Si](C)(C)OC(C)(CC)[SiH](C)C. The van der Waals surface area contributed by atoms with Crippen molar-refractivity contribution in [2.24, 2.45) is 0 Å². The second-order valence-corrected chi connectivity index (χ2v) is 13.2. The molecular weight excluding hydrogens is 204 g/mol. The van der Waals surface area contributed by atoms with Gasteiger partial charge in [0.05, 0.1) is 8.80 Å². The van der Waals surface area contributed by atoms with Gasteiger partial charge < -0.3 is 4.43 Å². The van der Waals surface area contributed by atoms with Crippen molar-refractivity contribution in [2.75, 3.05) is 0 Å². The maximum absolute atomic E-state index is 6.48. The largest absolute Gasteiger partial charge is 0.415 e. The minimum Gasteiger partial charge on any atom is -0.415 e. The predicted molar refractivity (Wildman–Crippen MR) is 71.2 cm³/mol. The van der Waals surface area contributed by atoms with Crippen molar-refractivity contribution < 1.29 is 4.43 Å². The average Bonchev–Trinajstić information content (AvgIpc) is 2.02. The Labute approximate surface area is 93.0 Å². The molecule has 3 heteroatoms. The zero-order valence-corrected chi connectivity index (χ0v) is 13.3. The standard InChI is InChI=1S/C11H28OSi2/c1-8-10-14(6,7)12-11(3,9-2)13(4)5/h13H,8-10H2,1-7H3. The molecule has 14 heavy (non-hydrogen) atoms. The minimum atomic E-state index is -1.39. The Morgan fingerprint density at radius 1 is 1.21 bits per heavy atom. The van der Waals surface area contributed by atoms with Crippen LogP contribution < -0.4 is 0 Å². The van der Waals surface area contributed by atoms with Crippen LogP contribution in [0.25, 0.3) is 0 Å². The third-order valence-corrected chi connectivity index (χ3v) is 9.21. The summed E-state index contributed by atoms with van der Waals surface area (Å²) >= 11 is 0. The van der Waals surface area contributed by atoms with Crippen LogP contribution >= 0.6 is 0 Å². The van der Waals surface area contributed by atoms with E-state index in [0.29, 0.717) is 0 Å². The number of hydrogen-bond donors (Lipinski definition) is 0. The van der Waals surface area contributed by atoms with Gasteiger partial charge in [0.25, 0.3) is 0 Å². The van der Waals surface area contributed by atoms with Crippen molar-refractivity contribution in [3.8, 4) is 0 Å². The minimum absolute atomic E-state index is 0.227. The summed E-state index contributed by atoms with van der Waals surface area (Å²) < 4.78 is 6.48. The van der Waals surface area contributed by atoms with E-state index in [1.165, 1.54) is 18.9 Å². The number of rotatable bonds is 6. The molecule has 0 bridgehead atoms. The van der Waals surface area contributed by atoms with Crippen LogP contribution in [0.3, 0.4) is 0 Å². The number of hydrogen-bond acceptors (Lipinski definition) is 1. The van der Waals surface area contributed by atoms with Gasteiger partial charge in [-0.1, -0.05) is 33.4 Å². The highest BCUT2D eigenvalue weighted by molar-refractivity contribution is 6.72. The van der Waals surface area contributed by atoms with E-state index in [9.17, 15) is 0 Å². The van der Waals surface area contributed by atoms with E-state index in [-0.39, 0.29) is 5.22 Å². The average molecular weight is 233 g/mol. The van der Waals surface area contributed by atoms with Crippen LogP contribution in [0.1, 0.15) is 33.6 Å². The Morgan fingerprint density at radius 3 is 2.00 bits per heavy atom. The van der Waals surface area contributed by atoms with Crippen molar-refractivity contribution in [1.29, 1.82) is 0 Å². The molecule has 0 aromatic heterocycles.